The normalized spacial score (nSPS) is 22.0. The van der Waals surface area contributed by atoms with Crippen LogP contribution in [-0.2, 0) is 6.54 Å². The molecule has 1 N–H and O–H groups in total. The monoisotopic (exact) mass is 241 g/mol. The summed E-state index contributed by atoms with van der Waals surface area (Å²) >= 11 is 0. The van der Waals surface area contributed by atoms with Gasteiger partial charge in [-0.05, 0) is 24.9 Å². The van der Waals surface area contributed by atoms with Crippen LogP contribution in [0.25, 0.3) is 0 Å². The molecule has 1 aliphatic rings. The Kier molecular flexibility index (Phi) is 3.42. The molecule has 1 aliphatic carbocycles. The number of benzene rings is 1. The minimum absolute atomic E-state index is 0.690. The van der Waals surface area contributed by atoms with Crippen molar-refractivity contribution in [1.29, 1.82) is 0 Å². The highest BCUT2D eigenvalue weighted by atomic mass is 15.0. The lowest BCUT2D eigenvalue weighted by Gasteiger charge is -2.05. The molecule has 3 rings (SSSR count). The Balaban J connectivity index is 1.36. The van der Waals surface area contributed by atoms with Gasteiger partial charge in [0.05, 0.1) is 6.33 Å². The van der Waals surface area contributed by atoms with Crippen molar-refractivity contribution >= 4 is 0 Å². The smallest absolute Gasteiger partial charge is 0.0945 e. The van der Waals surface area contributed by atoms with Gasteiger partial charge in [0.1, 0.15) is 0 Å². The molecular weight excluding hydrogens is 222 g/mol. The number of nitrogens with one attached hydrogen (secondary N) is 1. The summed E-state index contributed by atoms with van der Waals surface area (Å²) in [5.74, 6) is 0.736. The number of rotatable bonds is 6. The van der Waals surface area contributed by atoms with E-state index in [-0.39, 0.29) is 0 Å². The molecule has 18 heavy (non-hydrogen) atoms. The average molecular weight is 241 g/mol. The van der Waals surface area contributed by atoms with E-state index in [0.717, 1.165) is 25.4 Å². The second-order valence-electron chi connectivity index (χ2n) is 4.97. The van der Waals surface area contributed by atoms with E-state index in [2.05, 4.69) is 45.2 Å². The van der Waals surface area contributed by atoms with Crippen molar-refractivity contribution in [3.8, 4) is 0 Å². The third-order valence-electron chi connectivity index (χ3n) is 3.58. The second-order valence-corrected chi connectivity index (χ2v) is 4.97. The highest BCUT2D eigenvalue weighted by Crippen LogP contribution is 2.40. The summed E-state index contributed by atoms with van der Waals surface area (Å²) in [4.78, 5) is 4.04. The molecule has 94 valence electrons. The fourth-order valence-electron chi connectivity index (χ4n) is 2.46. The Hall–Kier alpha value is -1.61. The molecule has 2 unspecified atom stereocenters. The van der Waals surface area contributed by atoms with E-state index in [0.29, 0.717) is 6.04 Å². The maximum absolute atomic E-state index is 4.04. The zero-order chi connectivity index (χ0) is 12.2. The van der Waals surface area contributed by atoms with Gasteiger partial charge in [0.2, 0.25) is 0 Å². The number of hydrogen-bond acceptors (Lipinski definition) is 2. The predicted octanol–water partition coefficient (Wildman–Crippen LogP) is 2.42. The summed E-state index contributed by atoms with van der Waals surface area (Å²) in [6.07, 6.45) is 8.18. The van der Waals surface area contributed by atoms with Gasteiger partial charge >= 0.3 is 0 Å². The summed E-state index contributed by atoms with van der Waals surface area (Å²) in [5, 5.41) is 3.63. The van der Waals surface area contributed by atoms with Crippen LogP contribution in [0, 0.1) is 0 Å². The first-order valence-corrected chi connectivity index (χ1v) is 6.67. The van der Waals surface area contributed by atoms with Crippen LogP contribution in [0.1, 0.15) is 24.3 Å². The summed E-state index contributed by atoms with van der Waals surface area (Å²) in [6, 6.07) is 11.5. The van der Waals surface area contributed by atoms with E-state index < -0.39 is 0 Å². The molecule has 1 heterocycles. The first kappa shape index (κ1) is 11.5. The predicted molar refractivity (Wildman–Crippen MR) is 72.4 cm³/mol. The largest absolute Gasteiger partial charge is 0.337 e. The number of aryl methyl sites for hydroxylation is 1. The van der Waals surface area contributed by atoms with Gasteiger partial charge in [0.25, 0.3) is 0 Å². The van der Waals surface area contributed by atoms with Crippen molar-refractivity contribution < 1.29 is 0 Å². The molecule has 1 aromatic heterocycles. The molecule has 1 saturated carbocycles. The minimum atomic E-state index is 0.690. The Labute approximate surface area is 108 Å². The number of nitrogens with zero attached hydrogens (tertiary/aromatic N) is 2. The lowest BCUT2D eigenvalue weighted by molar-refractivity contribution is 0.574. The summed E-state index contributed by atoms with van der Waals surface area (Å²) in [7, 11) is 0. The maximum Gasteiger partial charge on any atom is 0.0945 e. The summed E-state index contributed by atoms with van der Waals surface area (Å²) in [6.45, 7) is 2.14. The van der Waals surface area contributed by atoms with Gasteiger partial charge in [-0.15, -0.1) is 0 Å². The highest BCUT2D eigenvalue weighted by Gasteiger charge is 2.37. The van der Waals surface area contributed by atoms with Crippen molar-refractivity contribution in [2.75, 3.05) is 6.54 Å². The van der Waals surface area contributed by atoms with Crippen molar-refractivity contribution in [3.05, 3.63) is 54.6 Å². The van der Waals surface area contributed by atoms with Crippen LogP contribution in [0.5, 0.6) is 0 Å². The van der Waals surface area contributed by atoms with Crippen LogP contribution < -0.4 is 5.32 Å². The topological polar surface area (TPSA) is 29.9 Å². The third-order valence-corrected chi connectivity index (χ3v) is 3.58. The zero-order valence-corrected chi connectivity index (χ0v) is 10.5. The molecule has 0 saturated heterocycles. The zero-order valence-electron chi connectivity index (χ0n) is 10.5. The minimum Gasteiger partial charge on any atom is -0.337 e. The SMILES string of the molecule is c1ccc(C2CC2NCCCn2ccnc2)cc1. The van der Waals surface area contributed by atoms with Crippen molar-refractivity contribution in [1.82, 2.24) is 14.9 Å². The van der Waals surface area contributed by atoms with Crippen molar-refractivity contribution in [2.24, 2.45) is 0 Å². The van der Waals surface area contributed by atoms with Crippen LogP contribution in [-0.4, -0.2) is 22.1 Å². The fourth-order valence-corrected chi connectivity index (χ4v) is 2.46. The number of aromatic nitrogens is 2. The summed E-state index contributed by atoms with van der Waals surface area (Å²) < 4.78 is 2.13. The molecule has 0 amide bonds. The van der Waals surface area contributed by atoms with E-state index in [9.17, 15) is 0 Å². The van der Waals surface area contributed by atoms with Gasteiger partial charge in [0.15, 0.2) is 0 Å². The number of hydrogen-bond donors (Lipinski definition) is 1. The quantitative estimate of drug-likeness (QED) is 0.787. The molecule has 0 spiro atoms. The van der Waals surface area contributed by atoms with Gasteiger partial charge in [-0.25, -0.2) is 4.98 Å². The molecule has 0 bridgehead atoms. The van der Waals surface area contributed by atoms with Gasteiger partial charge < -0.3 is 9.88 Å². The molecule has 0 aliphatic heterocycles. The standard InChI is InChI=1S/C15H19N3/c1-2-5-13(6-3-1)14-11-15(14)17-7-4-9-18-10-8-16-12-18/h1-3,5-6,8,10,12,14-15,17H,4,7,9,11H2. The Bertz CT molecular complexity index is 464. The first-order valence-electron chi connectivity index (χ1n) is 6.67. The van der Waals surface area contributed by atoms with Crippen LogP contribution in [0.15, 0.2) is 49.1 Å². The Morgan fingerprint density at radius 3 is 2.94 bits per heavy atom. The van der Waals surface area contributed by atoms with E-state index in [1.54, 1.807) is 0 Å². The third kappa shape index (κ3) is 2.79. The Morgan fingerprint density at radius 2 is 2.17 bits per heavy atom. The van der Waals surface area contributed by atoms with Crippen LogP contribution in [0.3, 0.4) is 0 Å². The molecule has 3 nitrogen and oxygen atoms in total. The molecule has 0 radical (unpaired) electrons. The van der Waals surface area contributed by atoms with Crippen molar-refractivity contribution in [3.63, 3.8) is 0 Å². The first-order chi connectivity index (χ1) is 8.93. The number of imidazole rings is 1. The van der Waals surface area contributed by atoms with Crippen LogP contribution >= 0.6 is 0 Å². The van der Waals surface area contributed by atoms with Crippen molar-refractivity contribution in [2.45, 2.75) is 31.3 Å². The van der Waals surface area contributed by atoms with E-state index in [1.165, 1.54) is 12.0 Å². The lowest BCUT2D eigenvalue weighted by atomic mass is 10.1. The summed E-state index contributed by atoms with van der Waals surface area (Å²) in [5.41, 5.74) is 1.48. The van der Waals surface area contributed by atoms with Gasteiger partial charge in [-0.3, -0.25) is 0 Å². The molecule has 1 aromatic carbocycles. The van der Waals surface area contributed by atoms with Gasteiger partial charge in [0, 0.05) is 30.9 Å². The molecule has 3 heteroatoms. The van der Waals surface area contributed by atoms with Crippen LogP contribution in [0.2, 0.25) is 0 Å². The van der Waals surface area contributed by atoms with E-state index in [1.807, 2.05) is 18.7 Å². The fraction of sp³-hybridized carbons (Fsp3) is 0.400. The highest BCUT2D eigenvalue weighted by molar-refractivity contribution is 5.27. The molecule has 2 aromatic rings. The molecular formula is C15H19N3. The second kappa shape index (κ2) is 5.36. The van der Waals surface area contributed by atoms with Gasteiger partial charge in [-0.1, -0.05) is 30.3 Å². The maximum atomic E-state index is 4.04. The van der Waals surface area contributed by atoms with Gasteiger partial charge in [-0.2, -0.15) is 0 Å². The average Bonchev–Trinajstić information content (AvgIpc) is 3.01. The lowest BCUT2D eigenvalue weighted by Crippen LogP contribution is -2.20. The van der Waals surface area contributed by atoms with E-state index in [4.69, 9.17) is 0 Å². The Morgan fingerprint density at radius 1 is 1.28 bits per heavy atom. The van der Waals surface area contributed by atoms with Crippen LogP contribution in [0.4, 0.5) is 0 Å². The molecule has 1 fully saturated rings. The van der Waals surface area contributed by atoms with E-state index >= 15 is 0 Å². The molecule has 2 atom stereocenters.